The maximum absolute atomic E-state index is 15.3. The molecule has 1 aromatic heterocycles. The van der Waals surface area contributed by atoms with E-state index < -0.39 is 23.2 Å². The van der Waals surface area contributed by atoms with Crippen LogP contribution in [-0.4, -0.2) is 37.8 Å². The SMILES string of the molecule is Cn1nccc1C1C(c2c(F)cc(C#Cc3ccccc3)cc2F)=NC2=NC(=O)C3(CC3)N21. The van der Waals surface area contributed by atoms with Gasteiger partial charge >= 0.3 is 0 Å². The molecule has 1 aliphatic carbocycles. The number of aryl methyl sites for hydroxylation is 1. The molecule has 2 aromatic carbocycles. The Labute approximate surface area is 188 Å². The van der Waals surface area contributed by atoms with Gasteiger partial charge in [-0.05, 0) is 43.2 Å². The van der Waals surface area contributed by atoms with Crippen molar-refractivity contribution in [1.29, 1.82) is 0 Å². The number of halogens is 2. The van der Waals surface area contributed by atoms with Crippen molar-refractivity contribution in [2.24, 2.45) is 17.0 Å². The molecule has 1 unspecified atom stereocenters. The van der Waals surface area contributed by atoms with Gasteiger partial charge in [0.05, 0.1) is 17.0 Å². The Bertz CT molecular complexity index is 1420. The molecule has 6 nitrogen and oxygen atoms in total. The van der Waals surface area contributed by atoms with Gasteiger partial charge in [0.25, 0.3) is 5.91 Å². The topological polar surface area (TPSA) is 62.9 Å². The summed E-state index contributed by atoms with van der Waals surface area (Å²) in [6, 6.07) is 12.7. The summed E-state index contributed by atoms with van der Waals surface area (Å²) in [6.45, 7) is 0. The smallest absolute Gasteiger partial charge is 0.274 e. The summed E-state index contributed by atoms with van der Waals surface area (Å²) < 4.78 is 32.3. The first kappa shape index (κ1) is 19.6. The quantitative estimate of drug-likeness (QED) is 0.573. The van der Waals surface area contributed by atoms with Gasteiger partial charge in [0, 0.05) is 24.4 Å². The van der Waals surface area contributed by atoms with E-state index >= 15 is 8.78 Å². The fourth-order valence-electron chi connectivity index (χ4n) is 4.52. The largest absolute Gasteiger partial charge is 0.312 e. The molecule has 1 amide bonds. The summed E-state index contributed by atoms with van der Waals surface area (Å²) in [7, 11) is 1.74. The number of rotatable bonds is 2. The number of benzene rings is 2. The van der Waals surface area contributed by atoms with E-state index in [0.29, 0.717) is 18.5 Å². The first-order valence-electron chi connectivity index (χ1n) is 10.5. The summed E-state index contributed by atoms with van der Waals surface area (Å²) in [6.07, 6.45) is 2.87. The first-order chi connectivity index (χ1) is 16.0. The lowest BCUT2D eigenvalue weighted by molar-refractivity contribution is -0.121. The van der Waals surface area contributed by atoms with Crippen LogP contribution >= 0.6 is 0 Å². The van der Waals surface area contributed by atoms with E-state index in [1.54, 1.807) is 28.9 Å². The minimum Gasteiger partial charge on any atom is -0.312 e. The molecule has 8 heteroatoms. The van der Waals surface area contributed by atoms with Crippen molar-refractivity contribution in [2.75, 3.05) is 0 Å². The van der Waals surface area contributed by atoms with Gasteiger partial charge in [0.1, 0.15) is 23.2 Å². The Hall–Kier alpha value is -4.12. The second-order valence-corrected chi connectivity index (χ2v) is 8.33. The molecule has 6 rings (SSSR count). The van der Waals surface area contributed by atoms with Crippen LogP contribution < -0.4 is 0 Å². The van der Waals surface area contributed by atoms with Crippen LogP contribution in [0.4, 0.5) is 8.78 Å². The highest BCUT2D eigenvalue weighted by atomic mass is 19.1. The number of fused-ring (bicyclic) bond motifs is 2. The lowest BCUT2D eigenvalue weighted by atomic mass is 9.96. The first-order valence-corrected chi connectivity index (χ1v) is 10.5. The number of aliphatic imine (C=N–C) groups is 2. The third kappa shape index (κ3) is 2.93. The molecule has 0 N–H and O–H groups in total. The highest BCUT2D eigenvalue weighted by Crippen LogP contribution is 2.53. The molecule has 1 atom stereocenters. The van der Waals surface area contributed by atoms with Gasteiger partial charge in [-0.2, -0.15) is 10.1 Å². The predicted molar refractivity (Wildman–Crippen MR) is 118 cm³/mol. The number of carbonyl (C=O) groups is 1. The molecule has 1 fully saturated rings. The molecule has 3 aliphatic rings. The van der Waals surface area contributed by atoms with Crippen molar-refractivity contribution in [2.45, 2.75) is 24.4 Å². The number of aromatic nitrogens is 2. The van der Waals surface area contributed by atoms with Gasteiger partial charge < -0.3 is 4.90 Å². The molecule has 33 heavy (non-hydrogen) atoms. The summed E-state index contributed by atoms with van der Waals surface area (Å²) in [4.78, 5) is 22.8. The fourth-order valence-corrected chi connectivity index (χ4v) is 4.52. The predicted octanol–water partition coefficient (Wildman–Crippen LogP) is 3.37. The molecule has 0 radical (unpaired) electrons. The molecule has 0 saturated heterocycles. The van der Waals surface area contributed by atoms with Crippen LogP contribution in [0, 0.1) is 23.5 Å². The number of hydrogen-bond acceptors (Lipinski definition) is 4. The fraction of sp³-hybridized carbons (Fsp3) is 0.200. The number of carbonyl (C=O) groups excluding carboxylic acids is 1. The second kappa shape index (κ2) is 6.94. The number of amides is 1. The minimum absolute atomic E-state index is 0.175. The zero-order valence-corrected chi connectivity index (χ0v) is 17.6. The summed E-state index contributed by atoms with van der Waals surface area (Å²) in [5.74, 6) is 4.14. The van der Waals surface area contributed by atoms with Gasteiger partial charge in [-0.1, -0.05) is 30.0 Å². The third-order valence-corrected chi connectivity index (χ3v) is 6.30. The van der Waals surface area contributed by atoms with E-state index in [2.05, 4.69) is 26.9 Å². The zero-order valence-electron chi connectivity index (χ0n) is 17.6. The highest BCUT2D eigenvalue weighted by Gasteiger charge is 2.64. The van der Waals surface area contributed by atoms with Gasteiger partial charge in [-0.25, -0.2) is 13.8 Å². The summed E-state index contributed by atoms with van der Waals surface area (Å²) in [5, 5.41) is 4.21. The number of guanidine groups is 1. The van der Waals surface area contributed by atoms with Gasteiger partial charge in [0.2, 0.25) is 5.96 Å². The van der Waals surface area contributed by atoms with Crippen molar-refractivity contribution in [3.63, 3.8) is 0 Å². The maximum atomic E-state index is 15.3. The summed E-state index contributed by atoms with van der Waals surface area (Å²) in [5.41, 5.74) is 0.799. The van der Waals surface area contributed by atoms with Crippen molar-refractivity contribution in [1.82, 2.24) is 14.7 Å². The molecule has 1 spiro atoms. The molecular formula is C25H17F2N5O. The van der Waals surface area contributed by atoms with Crippen molar-refractivity contribution < 1.29 is 13.6 Å². The van der Waals surface area contributed by atoms with E-state index in [1.807, 2.05) is 30.3 Å². The van der Waals surface area contributed by atoms with Crippen LogP contribution in [0.15, 0.2) is 64.7 Å². The zero-order chi connectivity index (χ0) is 22.7. The molecule has 1 saturated carbocycles. The lowest BCUT2D eigenvalue weighted by Gasteiger charge is -2.29. The summed E-state index contributed by atoms with van der Waals surface area (Å²) >= 11 is 0. The molecule has 2 aliphatic heterocycles. The van der Waals surface area contributed by atoms with Crippen LogP contribution in [0.5, 0.6) is 0 Å². The molecule has 3 heterocycles. The second-order valence-electron chi connectivity index (χ2n) is 8.33. The van der Waals surface area contributed by atoms with E-state index in [9.17, 15) is 4.79 Å². The average molecular weight is 441 g/mol. The third-order valence-electron chi connectivity index (χ3n) is 6.30. The van der Waals surface area contributed by atoms with E-state index in [0.717, 1.165) is 5.56 Å². The number of hydrogen-bond donors (Lipinski definition) is 0. The minimum atomic E-state index is -0.774. The Kier molecular flexibility index (Phi) is 4.11. The molecule has 3 aromatic rings. The van der Waals surface area contributed by atoms with Crippen molar-refractivity contribution in [3.8, 4) is 11.8 Å². The Morgan fingerprint density at radius 2 is 1.70 bits per heavy atom. The maximum Gasteiger partial charge on any atom is 0.274 e. The van der Waals surface area contributed by atoms with Crippen LogP contribution in [-0.2, 0) is 11.8 Å². The number of nitrogens with zero attached hydrogens (tertiary/aromatic N) is 5. The Morgan fingerprint density at radius 1 is 1.00 bits per heavy atom. The van der Waals surface area contributed by atoms with Crippen LogP contribution in [0.25, 0.3) is 0 Å². The van der Waals surface area contributed by atoms with Crippen molar-refractivity contribution >= 4 is 17.6 Å². The van der Waals surface area contributed by atoms with Gasteiger partial charge in [-0.15, -0.1) is 0 Å². The lowest BCUT2D eigenvalue weighted by Crippen LogP contribution is -2.42. The van der Waals surface area contributed by atoms with Crippen LogP contribution in [0.1, 0.15) is 41.3 Å². The van der Waals surface area contributed by atoms with Crippen LogP contribution in [0.3, 0.4) is 0 Å². The standard InChI is InChI=1S/C25H17F2N5O/c1-31-19(9-12-28-31)22-21(29-24-30-23(33)25(10-11-25)32(22)24)20-17(26)13-16(14-18(20)27)8-7-15-5-3-2-4-6-15/h2-6,9,12-14,22H,10-11H2,1H3. The van der Waals surface area contributed by atoms with Crippen molar-refractivity contribution in [3.05, 3.63) is 88.7 Å². The Morgan fingerprint density at radius 3 is 2.33 bits per heavy atom. The van der Waals surface area contributed by atoms with Gasteiger partial charge in [0.15, 0.2) is 0 Å². The van der Waals surface area contributed by atoms with Gasteiger partial charge in [-0.3, -0.25) is 9.48 Å². The Balaban J connectivity index is 1.45. The molecular weight excluding hydrogens is 424 g/mol. The monoisotopic (exact) mass is 441 g/mol. The molecule has 0 bridgehead atoms. The normalized spacial score (nSPS) is 19.8. The van der Waals surface area contributed by atoms with E-state index in [1.165, 1.54) is 12.1 Å². The molecule has 162 valence electrons. The average Bonchev–Trinajstić information content (AvgIpc) is 3.27. The van der Waals surface area contributed by atoms with Crippen LogP contribution in [0.2, 0.25) is 0 Å². The van der Waals surface area contributed by atoms with E-state index in [-0.39, 0.29) is 28.7 Å². The van der Waals surface area contributed by atoms with E-state index in [4.69, 9.17) is 0 Å². The highest BCUT2D eigenvalue weighted by molar-refractivity contribution is 6.21.